The number of rotatable bonds is 8. The van der Waals surface area contributed by atoms with Gasteiger partial charge in [0, 0.05) is 0 Å². The molecule has 1 aliphatic rings. The molecule has 1 aliphatic carbocycles. The Balaban J connectivity index is 2.07. The van der Waals surface area contributed by atoms with Gasteiger partial charge in [-0.25, -0.2) is 9.38 Å². The van der Waals surface area contributed by atoms with E-state index in [0.717, 1.165) is 0 Å². The molecule has 0 saturated heterocycles. The Morgan fingerprint density at radius 2 is 1.84 bits per heavy atom. The van der Waals surface area contributed by atoms with E-state index in [9.17, 15) is 18.8 Å². The lowest BCUT2D eigenvalue weighted by Crippen LogP contribution is -2.49. The van der Waals surface area contributed by atoms with Crippen LogP contribution in [0.1, 0.15) is 31.2 Å². The van der Waals surface area contributed by atoms with Gasteiger partial charge >= 0.3 is 0 Å². The van der Waals surface area contributed by atoms with Gasteiger partial charge in [0.25, 0.3) is 11.8 Å². The van der Waals surface area contributed by atoms with Gasteiger partial charge in [0.2, 0.25) is 5.91 Å². The van der Waals surface area contributed by atoms with E-state index in [0.29, 0.717) is 31.4 Å². The molecule has 0 aromatic heterocycles. The van der Waals surface area contributed by atoms with Crippen molar-refractivity contribution in [3.63, 3.8) is 0 Å². The molecule has 8 heteroatoms. The zero-order valence-corrected chi connectivity index (χ0v) is 13.8. The first-order valence-corrected chi connectivity index (χ1v) is 8.03. The molecule has 1 saturated carbocycles. The predicted octanol–water partition coefficient (Wildman–Crippen LogP) is 0.209. The van der Waals surface area contributed by atoms with Gasteiger partial charge in [-0.15, -0.1) is 0 Å². The number of carbonyl (C=O) groups excluding carboxylic acids is 3. The summed E-state index contributed by atoms with van der Waals surface area (Å²) in [5.41, 5.74) is 10.3. The lowest BCUT2D eigenvalue weighted by molar-refractivity contribution is -0.125. The van der Waals surface area contributed by atoms with E-state index in [1.54, 1.807) is 0 Å². The van der Waals surface area contributed by atoms with Crippen LogP contribution in [0.2, 0.25) is 0 Å². The van der Waals surface area contributed by atoms with E-state index < -0.39 is 29.1 Å². The van der Waals surface area contributed by atoms with Crippen LogP contribution in [-0.2, 0) is 20.8 Å². The van der Waals surface area contributed by atoms with Crippen LogP contribution in [0.25, 0.3) is 0 Å². The van der Waals surface area contributed by atoms with Crippen LogP contribution in [0, 0.1) is 5.82 Å². The molecule has 25 heavy (non-hydrogen) atoms. The molecule has 0 unspecified atom stereocenters. The second-order valence-electron chi connectivity index (χ2n) is 6.05. The van der Waals surface area contributed by atoms with Crippen molar-refractivity contribution in [3.05, 3.63) is 35.6 Å². The first kappa shape index (κ1) is 18.7. The molecule has 0 radical (unpaired) electrons. The number of hydrogen-bond acceptors (Lipinski definition) is 4. The Morgan fingerprint density at radius 3 is 2.36 bits per heavy atom. The van der Waals surface area contributed by atoms with Crippen LogP contribution in [0.3, 0.4) is 0 Å². The zero-order chi connectivity index (χ0) is 18.4. The molecule has 0 aliphatic heterocycles. The minimum atomic E-state index is -1.03. The van der Waals surface area contributed by atoms with E-state index in [2.05, 4.69) is 10.3 Å². The van der Waals surface area contributed by atoms with Crippen molar-refractivity contribution in [1.82, 2.24) is 5.32 Å². The van der Waals surface area contributed by atoms with Crippen molar-refractivity contribution in [2.75, 3.05) is 6.54 Å². The van der Waals surface area contributed by atoms with E-state index in [4.69, 9.17) is 11.5 Å². The minimum Gasteiger partial charge on any atom is -0.368 e. The topological polar surface area (TPSA) is 128 Å². The van der Waals surface area contributed by atoms with Crippen molar-refractivity contribution in [2.24, 2.45) is 16.5 Å². The largest absolute Gasteiger partial charge is 0.368 e. The van der Waals surface area contributed by atoms with E-state index in [1.165, 1.54) is 24.3 Å². The van der Waals surface area contributed by atoms with Gasteiger partial charge in [-0.05, 0) is 49.9 Å². The van der Waals surface area contributed by atoms with E-state index in [-0.39, 0.29) is 18.6 Å². The minimum absolute atomic E-state index is 0.0186. The molecule has 0 bridgehead atoms. The number of carbonyl (C=O) groups is 3. The molecular formula is C17H21FN4O3. The van der Waals surface area contributed by atoms with Crippen LogP contribution >= 0.6 is 0 Å². The monoisotopic (exact) mass is 348 g/mol. The maximum absolute atomic E-state index is 12.9. The highest BCUT2D eigenvalue weighted by Gasteiger charge is 2.50. The molecule has 0 spiro atoms. The van der Waals surface area contributed by atoms with Crippen molar-refractivity contribution in [1.29, 1.82) is 0 Å². The van der Waals surface area contributed by atoms with Crippen molar-refractivity contribution < 1.29 is 18.8 Å². The Bertz CT molecular complexity index is 696. The number of aliphatic imine (C=N–C) groups is 1. The molecule has 0 atom stereocenters. The third-order valence-electron chi connectivity index (χ3n) is 3.98. The number of amides is 3. The number of primary amides is 1. The average Bonchev–Trinajstić information content (AvgIpc) is 3.34. The van der Waals surface area contributed by atoms with Gasteiger partial charge in [0.15, 0.2) is 0 Å². The molecule has 1 fully saturated rings. The standard InChI is InChI=1S/C17H21FN4O3/c18-12-5-3-11(4-6-12)10-14(23)21-13(2-1-9-19)15(24)22-17(7-8-17)16(20)25/h3-6H,1-2,7-10,19H2,(H2,20,25)(H,22,24). The maximum Gasteiger partial charge on any atom is 0.266 e. The third kappa shape index (κ3) is 5.18. The molecule has 5 N–H and O–H groups in total. The Morgan fingerprint density at radius 1 is 1.20 bits per heavy atom. The molecule has 3 amide bonds. The van der Waals surface area contributed by atoms with Crippen molar-refractivity contribution in [2.45, 2.75) is 37.6 Å². The fraction of sp³-hybridized carbons (Fsp3) is 0.412. The summed E-state index contributed by atoms with van der Waals surface area (Å²) in [5.74, 6) is -2.12. The Hall–Kier alpha value is -2.61. The Labute approximate surface area is 144 Å². The van der Waals surface area contributed by atoms with Crippen LogP contribution < -0.4 is 16.8 Å². The van der Waals surface area contributed by atoms with Gasteiger partial charge in [0.1, 0.15) is 17.1 Å². The molecular weight excluding hydrogens is 327 g/mol. The fourth-order valence-electron chi connectivity index (χ4n) is 2.30. The van der Waals surface area contributed by atoms with Crippen LogP contribution in [-0.4, -0.2) is 35.5 Å². The summed E-state index contributed by atoms with van der Waals surface area (Å²) < 4.78 is 12.9. The number of halogens is 1. The average molecular weight is 348 g/mol. The summed E-state index contributed by atoms with van der Waals surface area (Å²) in [7, 11) is 0. The molecule has 134 valence electrons. The highest BCUT2D eigenvalue weighted by atomic mass is 19.1. The normalized spacial score (nSPS) is 15.5. The smallest absolute Gasteiger partial charge is 0.266 e. The number of hydrogen-bond donors (Lipinski definition) is 3. The summed E-state index contributed by atoms with van der Waals surface area (Å²) in [5, 5.41) is 2.57. The lowest BCUT2D eigenvalue weighted by Gasteiger charge is -2.14. The first-order chi connectivity index (χ1) is 11.9. The Kier molecular flexibility index (Phi) is 5.97. The van der Waals surface area contributed by atoms with Crippen LogP contribution in [0.15, 0.2) is 29.3 Å². The van der Waals surface area contributed by atoms with E-state index >= 15 is 0 Å². The number of benzene rings is 1. The number of nitrogens with zero attached hydrogens (tertiary/aromatic N) is 1. The SMILES string of the molecule is NCCCC(=NC(=O)Cc1ccc(F)cc1)C(=O)NC1(C(N)=O)CC1. The molecule has 1 aromatic carbocycles. The van der Waals surface area contributed by atoms with Gasteiger partial charge in [-0.1, -0.05) is 12.1 Å². The highest BCUT2D eigenvalue weighted by Crippen LogP contribution is 2.34. The van der Waals surface area contributed by atoms with Gasteiger partial charge in [-0.3, -0.25) is 14.4 Å². The van der Waals surface area contributed by atoms with Gasteiger partial charge in [0.05, 0.1) is 6.42 Å². The summed E-state index contributed by atoms with van der Waals surface area (Å²) in [6.45, 7) is 0.333. The second kappa shape index (κ2) is 7.98. The summed E-state index contributed by atoms with van der Waals surface area (Å²) >= 11 is 0. The van der Waals surface area contributed by atoms with Gasteiger partial charge in [-0.2, -0.15) is 0 Å². The molecule has 7 nitrogen and oxygen atoms in total. The highest BCUT2D eigenvalue weighted by molar-refractivity contribution is 6.41. The van der Waals surface area contributed by atoms with Crippen molar-refractivity contribution >= 4 is 23.4 Å². The molecule has 0 heterocycles. The fourth-order valence-corrected chi connectivity index (χ4v) is 2.30. The maximum atomic E-state index is 12.9. The summed E-state index contributed by atoms with van der Waals surface area (Å²) in [4.78, 5) is 39.7. The summed E-state index contributed by atoms with van der Waals surface area (Å²) in [6.07, 6.45) is 1.58. The third-order valence-corrected chi connectivity index (χ3v) is 3.98. The lowest BCUT2D eigenvalue weighted by atomic mass is 10.1. The predicted molar refractivity (Wildman–Crippen MR) is 90.1 cm³/mol. The van der Waals surface area contributed by atoms with Crippen molar-refractivity contribution in [3.8, 4) is 0 Å². The molecule has 2 rings (SSSR count). The number of nitrogens with one attached hydrogen (secondary N) is 1. The number of nitrogens with two attached hydrogens (primary N) is 2. The zero-order valence-electron chi connectivity index (χ0n) is 13.8. The first-order valence-electron chi connectivity index (χ1n) is 8.03. The van der Waals surface area contributed by atoms with Crippen LogP contribution in [0.5, 0.6) is 0 Å². The molecule has 1 aromatic rings. The summed E-state index contributed by atoms with van der Waals surface area (Å²) in [6, 6.07) is 5.46. The van der Waals surface area contributed by atoms with Gasteiger partial charge < -0.3 is 16.8 Å². The second-order valence-corrected chi connectivity index (χ2v) is 6.05. The van der Waals surface area contributed by atoms with E-state index in [1.807, 2.05) is 0 Å². The van der Waals surface area contributed by atoms with Crippen LogP contribution in [0.4, 0.5) is 4.39 Å². The quantitative estimate of drug-likeness (QED) is 0.580.